The van der Waals surface area contributed by atoms with Crippen LogP contribution in [-0.4, -0.2) is 9.97 Å². The van der Waals surface area contributed by atoms with E-state index in [2.05, 4.69) is 20.7 Å². The number of nitrogens with one attached hydrogen (secondary N) is 2. The van der Waals surface area contributed by atoms with Gasteiger partial charge in [-0.15, -0.1) is 0 Å². The lowest BCUT2D eigenvalue weighted by atomic mass is 10.2. The molecule has 0 spiro atoms. The summed E-state index contributed by atoms with van der Waals surface area (Å²) in [6, 6.07) is 4.45. The van der Waals surface area contributed by atoms with Crippen LogP contribution in [0.3, 0.4) is 0 Å². The number of halogens is 2. The van der Waals surface area contributed by atoms with Gasteiger partial charge in [0.05, 0.1) is 11.9 Å². The largest absolute Gasteiger partial charge is 0.335 e. The molecule has 7 heteroatoms. The zero-order valence-corrected chi connectivity index (χ0v) is 9.54. The molecule has 1 aromatic heterocycles. The number of nitrogens with two attached hydrogens (primary N) is 1. The Morgan fingerprint density at radius 3 is 2.72 bits per heavy atom. The molecule has 0 aliphatic carbocycles. The fourth-order valence-corrected chi connectivity index (χ4v) is 1.39. The van der Waals surface area contributed by atoms with Crippen molar-refractivity contribution in [3.05, 3.63) is 41.6 Å². The van der Waals surface area contributed by atoms with Crippen molar-refractivity contribution < 1.29 is 8.78 Å². The van der Waals surface area contributed by atoms with Crippen LogP contribution in [0.5, 0.6) is 0 Å². The predicted molar refractivity (Wildman–Crippen MR) is 64.2 cm³/mol. The van der Waals surface area contributed by atoms with Crippen molar-refractivity contribution in [3.8, 4) is 0 Å². The van der Waals surface area contributed by atoms with Crippen LogP contribution < -0.4 is 16.6 Å². The van der Waals surface area contributed by atoms with Gasteiger partial charge in [-0.1, -0.05) is 6.07 Å². The minimum Gasteiger partial charge on any atom is -0.335 e. The Kier molecular flexibility index (Phi) is 3.33. The Morgan fingerprint density at radius 2 is 2.00 bits per heavy atom. The first-order chi connectivity index (χ1) is 8.60. The van der Waals surface area contributed by atoms with Gasteiger partial charge in [0.25, 0.3) is 0 Å². The van der Waals surface area contributed by atoms with Crippen molar-refractivity contribution in [2.24, 2.45) is 5.84 Å². The maximum atomic E-state index is 13.5. The summed E-state index contributed by atoms with van der Waals surface area (Å²) in [5, 5.41) is 2.56. The monoisotopic (exact) mass is 251 g/mol. The lowest BCUT2D eigenvalue weighted by Crippen LogP contribution is -2.12. The highest BCUT2D eigenvalue weighted by molar-refractivity contribution is 5.59. The first kappa shape index (κ1) is 12.2. The Hall–Kier alpha value is -2.28. The molecule has 1 aromatic carbocycles. The second-order valence-corrected chi connectivity index (χ2v) is 3.64. The molecule has 0 aliphatic rings. The topological polar surface area (TPSA) is 75.9 Å². The average Bonchev–Trinajstić information content (AvgIpc) is 2.36. The van der Waals surface area contributed by atoms with Gasteiger partial charge in [-0.3, -0.25) is 5.43 Å². The van der Waals surface area contributed by atoms with Crippen LogP contribution >= 0.6 is 0 Å². The van der Waals surface area contributed by atoms with Crippen molar-refractivity contribution in [1.29, 1.82) is 0 Å². The van der Waals surface area contributed by atoms with Gasteiger partial charge in [0.15, 0.2) is 11.6 Å². The molecule has 0 saturated carbocycles. The van der Waals surface area contributed by atoms with Crippen molar-refractivity contribution in [2.75, 3.05) is 10.7 Å². The van der Waals surface area contributed by atoms with E-state index in [1.54, 1.807) is 19.1 Å². The number of hydrazine groups is 1. The summed E-state index contributed by atoms with van der Waals surface area (Å²) < 4.78 is 26.9. The molecule has 0 bridgehead atoms. The summed E-state index contributed by atoms with van der Waals surface area (Å²) in [6.07, 6.45) is 0.943. The summed E-state index contributed by atoms with van der Waals surface area (Å²) in [7, 11) is 0. The van der Waals surface area contributed by atoms with Crippen LogP contribution in [0.1, 0.15) is 5.56 Å². The van der Waals surface area contributed by atoms with E-state index in [1.165, 1.54) is 6.07 Å². The number of aromatic nitrogens is 2. The number of rotatable bonds is 3. The quantitative estimate of drug-likeness (QED) is 0.575. The van der Waals surface area contributed by atoms with Crippen molar-refractivity contribution in [3.63, 3.8) is 0 Å². The number of benzene rings is 1. The van der Waals surface area contributed by atoms with Crippen LogP contribution in [0, 0.1) is 18.6 Å². The van der Waals surface area contributed by atoms with Gasteiger partial charge in [0.2, 0.25) is 5.95 Å². The first-order valence-electron chi connectivity index (χ1n) is 5.12. The van der Waals surface area contributed by atoms with E-state index in [0.717, 1.165) is 11.8 Å². The number of aryl methyl sites for hydroxylation is 1. The van der Waals surface area contributed by atoms with Crippen molar-refractivity contribution >= 4 is 17.5 Å². The van der Waals surface area contributed by atoms with E-state index >= 15 is 0 Å². The van der Waals surface area contributed by atoms with Gasteiger partial charge in [0, 0.05) is 0 Å². The average molecular weight is 251 g/mol. The summed E-state index contributed by atoms with van der Waals surface area (Å²) in [6.45, 7) is 1.80. The number of nitrogen functional groups attached to an aromatic ring is 1. The molecule has 1 heterocycles. The third kappa shape index (κ3) is 2.51. The van der Waals surface area contributed by atoms with Crippen LogP contribution in [0.25, 0.3) is 0 Å². The SMILES string of the molecule is Cc1ccc(F)c(Nc2nc(NN)ncc2F)c1. The molecule has 0 unspecified atom stereocenters. The second-order valence-electron chi connectivity index (χ2n) is 3.64. The maximum Gasteiger partial charge on any atom is 0.239 e. The minimum atomic E-state index is -0.699. The molecule has 0 amide bonds. The Morgan fingerprint density at radius 1 is 1.22 bits per heavy atom. The molecule has 0 fully saturated rings. The Bertz CT molecular complexity index is 573. The van der Waals surface area contributed by atoms with E-state index < -0.39 is 11.6 Å². The second kappa shape index (κ2) is 4.92. The number of nitrogens with zero attached hydrogens (tertiary/aromatic N) is 2. The molecule has 2 aromatic rings. The Labute approximate surface area is 102 Å². The molecule has 5 nitrogen and oxygen atoms in total. The first-order valence-corrected chi connectivity index (χ1v) is 5.12. The third-order valence-electron chi connectivity index (χ3n) is 2.25. The summed E-state index contributed by atoms with van der Waals surface area (Å²) in [5.41, 5.74) is 3.16. The summed E-state index contributed by atoms with van der Waals surface area (Å²) >= 11 is 0. The zero-order valence-electron chi connectivity index (χ0n) is 9.54. The van der Waals surface area contributed by atoms with Crippen molar-refractivity contribution in [1.82, 2.24) is 9.97 Å². The molecular weight excluding hydrogens is 240 g/mol. The summed E-state index contributed by atoms with van der Waals surface area (Å²) in [5.74, 6) is 3.80. The van der Waals surface area contributed by atoms with E-state index in [-0.39, 0.29) is 17.5 Å². The lowest BCUT2D eigenvalue weighted by molar-refractivity contribution is 0.616. The molecule has 0 radical (unpaired) electrons. The molecule has 0 atom stereocenters. The van der Waals surface area contributed by atoms with Crippen LogP contribution in [-0.2, 0) is 0 Å². The van der Waals surface area contributed by atoms with Gasteiger partial charge in [-0.05, 0) is 24.6 Å². The Balaban J connectivity index is 2.36. The fraction of sp³-hybridized carbons (Fsp3) is 0.0909. The minimum absolute atomic E-state index is 0.0342. The number of hydrogen-bond donors (Lipinski definition) is 3. The van der Waals surface area contributed by atoms with Gasteiger partial charge in [-0.2, -0.15) is 4.98 Å². The molecule has 0 aliphatic heterocycles. The van der Waals surface area contributed by atoms with Gasteiger partial charge < -0.3 is 5.32 Å². The van der Waals surface area contributed by atoms with E-state index in [9.17, 15) is 8.78 Å². The highest BCUT2D eigenvalue weighted by atomic mass is 19.1. The lowest BCUT2D eigenvalue weighted by Gasteiger charge is -2.09. The molecule has 18 heavy (non-hydrogen) atoms. The highest BCUT2D eigenvalue weighted by Crippen LogP contribution is 2.22. The standard InChI is InChI=1S/C11H11F2N5/c1-6-2-3-7(12)9(4-6)16-10-8(13)5-15-11(17-10)18-14/h2-5H,14H2,1H3,(H2,15,16,17,18). The van der Waals surface area contributed by atoms with E-state index in [1.807, 2.05) is 0 Å². The molecule has 4 N–H and O–H groups in total. The molecule has 94 valence electrons. The molecular formula is C11H11F2N5. The van der Waals surface area contributed by atoms with E-state index in [4.69, 9.17) is 5.84 Å². The van der Waals surface area contributed by atoms with E-state index in [0.29, 0.717) is 0 Å². The normalized spacial score (nSPS) is 10.2. The van der Waals surface area contributed by atoms with Crippen molar-refractivity contribution in [2.45, 2.75) is 6.92 Å². The predicted octanol–water partition coefficient (Wildman–Crippen LogP) is 2.09. The maximum absolute atomic E-state index is 13.5. The van der Waals surface area contributed by atoms with Crippen LogP contribution in [0.15, 0.2) is 24.4 Å². The van der Waals surface area contributed by atoms with Crippen LogP contribution in [0.2, 0.25) is 0 Å². The van der Waals surface area contributed by atoms with Gasteiger partial charge in [0.1, 0.15) is 5.82 Å². The smallest absolute Gasteiger partial charge is 0.239 e. The van der Waals surface area contributed by atoms with Gasteiger partial charge >= 0.3 is 0 Å². The molecule has 0 saturated heterocycles. The number of anilines is 3. The fourth-order valence-electron chi connectivity index (χ4n) is 1.39. The summed E-state index contributed by atoms with van der Waals surface area (Å²) in [4.78, 5) is 7.34. The highest BCUT2D eigenvalue weighted by Gasteiger charge is 2.09. The third-order valence-corrected chi connectivity index (χ3v) is 2.25. The zero-order chi connectivity index (χ0) is 13.1. The number of hydrogen-bond acceptors (Lipinski definition) is 5. The van der Waals surface area contributed by atoms with Gasteiger partial charge in [-0.25, -0.2) is 19.6 Å². The van der Waals surface area contributed by atoms with Crippen LogP contribution in [0.4, 0.5) is 26.2 Å². The molecule has 2 rings (SSSR count).